The smallest absolute Gasteiger partial charge is 0.133 e. The zero-order valence-corrected chi connectivity index (χ0v) is 7.23. The normalized spacial score (nSPS) is 9.71. The maximum absolute atomic E-state index is 9.53. The maximum atomic E-state index is 9.53. The fourth-order valence-electron chi connectivity index (χ4n) is 0.110. The Morgan fingerprint density at radius 3 is 2.29 bits per heavy atom. The molecule has 38 valence electrons. The quantitative estimate of drug-likeness (QED) is 0.453. The Morgan fingerprint density at radius 1 is 1.86 bits per heavy atom. The summed E-state index contributed by atoms with van der Waals surface area (Å²) in [6.45, 7) is 1.95. The third-order valence-corrected chi connectivity index (χ3v) is 0.719. The Morgan fingerprint density at radius 2 is 2.29 bits per heavy atom. The minimum atomic E-state index is -2.35. The molecule has 0 aliphatic carbocycles. The molecule has 3 nitrogen and oxygen atoms in total. The summed E-state index contributed by atoms with van der Waals surface area (Å²) >= 11 is 0. The van der Waals surface area contributed by atoms with Crippen molar-refractivity contribution in [3.8, 4) is 0 Å². The molecule has 0 amide bonds. The van der Waals surface area contributed by atoms with E-state index in [1.54, 1.807) is 6.92 Å². The van der Waals surface area contributed by atoms with E-state index in [-0.39, 0.29) is 37.7 Å². The second-order valence-electron chi connectivity index (χ2n) is 0.656. The van der Waals surface area contributed by atoms with Gasteiger partial charge >= 0.3 is 8.25 Å². The first-order valence-corrected chi connectivity index (χ1v) is 2.69. The Hall–Kier alpha value is 1.28. The summed E-state index contributed by atoms with van der Waals surface area (Å²) < 4.78 is 13.6. The van der Waals surface area contributed by atoms with E-state index in [0.29, 0.717) is 6.61 Å². The van der Waals surface area contributed by atoms with E-state index in [1.165, 1.54) is 0 Å². The maximum Gasteiger partial charge on any atom is 0.694 e. The van der Waals surface area contributed by atoms with Gasteiger partial charge in [0.2, 0.25) is 0 Å². The van der Waals surface area contributed by atoms with E-state index >= 15 is 0 Å². The number of hydrogen-bond donors (Lipinski definition) is 1. The Balaban J connectivity index is 0. The minimum absolute atomic E-state index is 0. The van der Waals surface area contributed by atoms with Crippen LogP contribution in [-0.4, -0.2) is 49.2 Å². The van der Waals surface area contributed by atoms with Crippen molar-refractivity contribution >= 4 is 46.0 Å². The van der Waals surface area contributed by atoms with E-state index in [4.69, 9.17) is 4.89 Å². The summed E-state index contributed by atoms with van der Waals surface area (Å²) in [4.78, 5) is 7.84. The van der Waals surface area contributed by atoms with Crippen LogP contribution >= 0.6 is 8.25 Å². The molecular weight excluding hydrogens is 143 g/mol. The van der Waals surface area contributed by atoms with Crippen molar-refractivity contribution in [1.29, 1.82) is 0 Å². The van der Waals surface area contributed by atoms with E-state index < -0.39 is 8.25 Å². The van der Waals surface area contributed by atoms with Gasteiger partial charge < -0.3 is 0 Å². The van der Waals surface area contributed by atoms with Gasteiger partial charge in [0.25, 0.3) is 0 Å². The molecule has 2 radical (unpaired) electrons. The monoisotopic (exact) mass is 149 g/mol. The number of rotatable bonds is 2. The largest absolute Gasteiger partial charge is 0.694 e. The molecule has 0 saturated carbocycles. The predicted octanol–water partition coefficient (Wildman–Crippen LogP) is 0.292. The van der Waals surface area contributed by atoms with Crippen LogP contribution < -0.4 is 0 Å². The van der Waals surface area contributed by atoms with Crippen LogP contribution in [0.3, 0.4) is 0 Å². The average Bonchev–Trinajstić information content (AvgIpc) is 1.35. The molecule has 0 bridgehead atoms. The van der Waals surface area contributed by atoms with E-state index in [0.717, 1.165) is 0 Å². The molecule has 1 unspecified atom stereocenters. The molecule has 0 aromatic rings. The van der Waals surface area contributed by atoms with Crippen LogP contribution in [0.25, 0.3) is 0 Å². The molecule has 5 heteroatoms. The molecular formula is C2H6CaO3P+. The van der Waals surface area contributed by atoms with Gasteiger partial charge in [-0.25, -0.2) is 0 Å². The zero-order chi connectivity index (χ0) is 4.99. The third-order valence-electron chi connectivity index (χ3n) is 0.240. The van der Waals surface area contributed by atoms with Gasteiger partial charge in [-0.15, -0.1) is 9.42 Å². The van der Waals surface area contributed by atoms with Crippen LogP contribution in [0.15, 0.2) is 0 Å². The summed E-state index contributed by atoms with van der Waals surface area (Å²) in [6, 6.07) is 0. The Kier molecular flexibility index (Phi) is 11.6. The van der Waals surface area contributed by atoms with Gasteiger partial charge in [0.15, 0.2) is 0 Å². The molecule has 1 atom stereocenters. The number of hydrogen-bond acceptors (Lipinski definition) is 2. The van der Waals surface area contributed by atoms with Gasteiger partial charge in [0.1, 0.15) is 6.61 Å². The van der Waals surface area contributed by atoms with E-state index in [1.807, 2.05) is 0 Å². The molecule has 0 fully saturated rings. The molecule has 0 aromatic carbocycles. The molecule has 0 aliphatic heterocycles. The minimum Gasteiger partial charge on any atom is -0.133 e. The van der Waals surface area contributed by atoms with E-state index in [2.05, 4.69) is 4.52 Å². The molecule has 0 heterocycles. The fourth-order valence-corrected chi connectivity index (χ4v) is 0.331. The molecule has 0 saturated heterocycles. The van der Waals surface area contributed by atoms with Crippen molar-refractivity contribution < 1.29 is 14.0 Å². The topological polar surface area (TPSA) is 46.5 Å². The van der Waals surface area contributed by atoms with Crippen molar-refractivity contribution in [3.05, 3.63) is 0 Å². The van der Waals surface area contributed by atoms with Gasteiger partial charge in [-0.3, -0.25) is 0 Å². The summed E-state index contributed by atoms with van der Waals surface area (Å²) in [5, 5.41) is 0. The molecule has 0 aliphatic rings. The fraction of sp³-hybridized carbons (Fsp3) is 1.00. The first-order valence-electron chi connectivity index (χ1n) is 1.56. The SMILES string of the molecule is CCO[P+](=O)O.[Ca]. The van der Waals surface area contributed by atoms with Crippen molar-refractivity contribution in [1.82, 2.24) is 0 Å². The zero-order valence-electron chi connectivity index (χ0n) is 4.13. The first kappa shape index (κ1) is 11.1. The van der Waals surface area contributed by atoms with Gasteiger partial charge in [0, 0.05) is 42.3 Å². The van der Waals surface area contributed by atoms with Gasteiger partial charge in [-0.1, -0.05) is 0 Å². The van der Waals surface area contributed by atoms with Crippen LogP contribution in [0.4, 0.5) is 0 Å². The standard InChI is InChI=1S/C2H5O3P.Ca/c1-2-5-6(3)4;/h2H2,1H3;/p+1. The van der Waals surface area contributed by atoms with Gasteiger partial charge in [-0.05, 0) is 6.92 Å². The summed E-state index contributed by atoms with van der Waals surface area (Å²) in [6.07, 6.45) is 0. The summed E-state index contributed by atoms with van der Waals surface area (Å²) in [5.74, 6) is 0. The van der Waals surface area contributed by atoms with Crippen LogP contribution in [-0.2, 0) is 9.09 Å². The molecule has 1 N–H and O–H groups in total. The second kappa shape index (κ2) is 7.28. The van der Waals surface area contributed by atoms with Crippen molar-refractivity contribution in [2.45, 2.75) is 6.92 Å². The van der Waals surface area contributed by atoms with Crippen molar-refractivity contribution in [3.63, 3.8) is 0 Å². The summed E-state index contributed by atoms with van der Waals surface area (Å²) in [7, 11) is -2.35. The first-order chi connectivity index (χ1) is 2.77. The molecule has 0 rings (SSSR count). The Labute approximate surface area is 73.0 Å². The van der Waals surface area contributed by atoms with Crippen LogP contribution in [0.1, 0.15) is 6.92 Å². The Bertz CT molecular complexity index is 56.9. The van der Waals surface area contributed by atoms with Crippen molar-refractivity contribution in [2.24, 2.45) is 0 Å². The molecule has 7 heavy (non-hydrogen) atoms. The average molecular weight is 149 g/mol. The second-order valence-corrected chi connectivity index (χ2v) is 1.39. The molecule has 0 spiro atoms. The van der Waals surface area contributed by atoms with E-state index in [9.17, 15) is 4.57 Å². The predicted molar refractivity (Wildman–Crippen MR) is 27.2 cm³/mol. The van der Waals surface area contributed by atoms with Crippen LogP contribution in [0.2, 0.25) is 0 Å². The summed E-state index contributed by atoms with van der Waals surface area (Å²) in [5.41, 5.74) is 0. The third kappa shape index (κ3) is 11.1. The van der Waals surface area contributed by atoms with Crippen LogP contribution in [0, 0.1) is 0 Å². The van der Waals surface area contributed by atoms with Crippen LogP contribution in [0.5, 0.6) is 0 Å². The van der Waals surface area contributed by atoms with Gasteiger partial charge in [-0.2, -0.15) is 0 Å². The van der Waals surface area contributed by atoms with Crippen molar-refractivity contribution in [2.75, 3.05) is 6.61 Å². The van der Waals surface area contributed by atoms with Gasteiger partial charge in [0.05, 0.1) is 0 Å². The molecule has 0 aromatic heterocycles.